The van der Waals surface area contributed by atoms with Gasteiger partial charge in [0.1, 0.15) is 11.3 Å². The van der Waals surface area contributed by atoms with Crippen molar-refractivity contribution in [2.24, 2.45) is 0 Å². The summed E-state index contributed by atoms with van der Waals surface area (Å²) in [4.78, 5) is 25.2. The molecule has 0 aromatic carbocycles. The van der Waals surface area contributed by atoms with Gasteiger partial charge in [-0.2, -0.15) is 4.39 Å². The number of amides is 1. The number of aromatic nitrogens is 1. The maximum atomic E-state index is 13.0. The van der Waals surface area contributed by atoms with E-state index in [0.29, 0.717) is 11.8 Å². The molecule has 98 valence electrons. The molecule has 18 heavy (non-hydrogen) atoms. The van der Waals surface area contributed by atoms with Crippen molar-refractivity contribution < 1.29 is 18.7 Å². The molecule has 0 saturated carbocycles. The van der Waals surface area contributed by atoms with E-state index in [4.69, 9.17) is 4.74 Å². The zero-order chi connectivity index (χ0) is 13.8. The average molecular weight is 254 g/mol. The molecule has 0 unspecified atom stereocenters. The molecule has 0 spiro atoms. The Balaban J connectivity index is 2.61. The van der Waals surface area contributed by atoms with E-state index in [9.17, 15) is 14.0 Å². The van der Waals surface area contributed by atoms with Crippen LogP contribution in [0.3, 0.4) is 0 Å². The van der Waals surface area contributed by atoms with E-state index in [1.54, 1.807) is 20.8 Å². The highest BCUT2D eigenvalue weighted by Crippen LogP contribution is 2.08. The number of hydrogen-bond acceptors (Lipinski definition) is 4. The SMILES string of the molecule is CC(C)(C)OC(=O)NCc1cc(F)nc(C=O)c1. The van der Waals surface area contributed by atoms with E-state index in [2.05, 4.69) is 10.3 Å². The van der Waals surface area contributed by atoms with Gasteiger partial charge in [0.05, 0.1) is 0 Å². The Kier molecular flexibility index (Phi) is 4.36. The fourth-order valence-electron chi connectivity index (χ4n) is 1.22. The standard InChI is InChI=1S/C12H15FN2O3/c1-12(2,3)18-11(17)14-6-8-4-9(7-16)15-10(13)5-8/h4-5,7H,6H2,1-3H3,(H,14,17). The predicted octanol–water partition coefficient (Wildman–Crippen LogP) is 2.06. The first-order chi connectivity index (χ1) is 8.30. The second-order valence-electron chi connectivity index (χ2n) is 4.70. The Hall–Kier alpha value is -1.98. The van der Waals surface area contributed by atoms with E-state index < -0.39 is 17.6 Å². The second kappa shape index (κ2) is 5.57. The van der Waals surface area contributed by atoms with E-state index in [0.717, 1.165) is 6.07 Å². The van der Waals surface area contributed by atoms with Gasteiger partial charge in [0.2, 0.25) is 5.95 Å². The first kappa shape index (κ1) is 14.1. The van der Waals surface area contributed by atoms with Crippen molar-refractivity contribution in [3.05, 3.63) is 29.3 Å². The second-order valence-corrected chi connectivity index (χ2v) is 4.70. The number of pyridine rings is 1. The number of rotatable bonds is 3. The fraction of sp³-hybridized carbons (Fsp3) is 0.417. The molecule has 0 aliphatic carbocycles. The van der Waals surface area contributed by atoms with Crippen LogP contribution >= 0.6 is 0 Å². The smallest absolute Gasteiger partial charge is 0.407 e. The van der Waals surface area contributed by atoms with Crippen molar-refractivity contribution in [3.63, 3.8) is 0 Å². The van der Waals surface area contributed by atoms with E-state index >= 15 is 0 Å². The molecule has 1 aromatic rings. The Labute approximate surface area is 104 Å². The Bertz CT molecular complexity index is 455. The van der Waals surface area contributed by atoms with Gasteiger partial charge in [0.25, 0.3) is 0 Å². The molecule has 0 fully saturated rings. The molecule has 6 heteroatoms. The van der Waals surface area contributed by atoms with Gasteiger partial charge in [-0.25, -0.2) is 9.78 Å². The minimum Gasteiger partial charge on any atom is -0.444 e. The van der Waals surface area contributed by atoms with Crippen molar-refractivity contribution in [2.45, 2.75) is 32.9 Å². The quantitative estimate of drug-likeness (QED) is 0.662. The molecule has 0 aliphatic heterocycles. The summed E-state index contributed by atoms with van der Waals surface area (Å²) in [6, 6.07) is 2.54. The summed E-state index contributed by atoms with van der Waals surface area (Å²) >= 11 is 0. The summed E-state index contributed by atoms with van der Waals surface area (Å²) in [5.74, 6) is -0.763. The monoisotopic (exact) mass is 254 g/mol. The number of nitrogens with zero attached hydrogens (tertiary/aromatic N) is 1. The molecule has 0 aliphatic rings. The summed E-state index contributed by atoms with van der Waals surface area (Å²) in [6.45, 7) is 5.28. The molecule has 1 heterocycles. The van der Waals surface area contributed by atoms with Crippen LogP contribution in [0.5, 0.6) is 0 Å². The lowest BCUT2D eigenvalue weighted by atomic mass is 10.2. The van der Waals surface area contributed by atoms with Crippen LogP contribution in [-0.2, 0) is 11.3 Å². The van der Waals surface area contributed by atoms with Crippen LogP contribution in [0.25, 0.3) is 0 Å². The molecule has 0 atom stereocenters. The maximum Gasteiger partial charge on any atom is 0.407 e. The number of ether oxygens (including phenoxy) is 1. The summed E-state index contributed by atoms with van der Waals surface area (Å²) in [6.07, 6.45) is -0.160. The lowest BCUT2D eigenvalue weighted by Crippen LogP contribution is -2.32. The van der Waals surface area contributed by atoms with Gasteiger partial charge < -0.3 is 10.1 Å². The van der Waals surface area contributed by atoms with Gasteiger partial charge >= 0.3 is 6.09 Å². The molecule has 0 saturated heterocycles. The number of nitrogens with one attached hydrogen (secondary N) is 1. The number of carbonyl (C=O) groups excluding carboxylic acids is 2. The third-order valence-corrected chi connectivity index (χ3v) is 1.83. The van der Waals surface area contributed by atoms with Crippen LogP contribution in [0.4, 0.5) is 9.18 Å². The molecule has 1 aromatic heterocycles. The average Bonchev–Trinajstić information content (AvgIpc) is 2.23. The minimum atomic E-state index is -0.763. The van der Waals surface area contributed by atoms with Gasteiger partial charge in [-0.3, -0.25) is 4.79 Å². The topological polar surface area (TPSA) is 68.3 Å². The van der Waals surface area contributed by atoms with Gasteiger partial charge in [0, 0.05) is 6.54 Å². The number of alkyl carbamates (subject to hydrolysis) is 1. The van der Waals surface area contributed by atoms with E-state index in [1.165, 1.54) is 6.07 Å². The van der Waals surface area contributed by atoms with Crippen LogP contribution in [0.15, 0.2) is 12.1 Å². The summed E-state index contributed by atoms with van der Waals surface area (Å²) in [5.41, 5.74) is -0.173. The number of hydrogen-bond donors (Lipinski definition) is 1. The van der Waals surface area contributed by atoms with Gasteiger partial charge in [0.15, 0.2) is 6.29 Å². The normalized spacial score (nSPS) is 10.9. The van der Waals surface area contributed by atoms with Crippen molar-refractivity contribution >= 4 is 12.4 Å². The Morgan fingerprint density at radius 1 is 1.50 bits per heavy atom. The van der Waals surface area contributed by atoms with Crippen LogP contribution < -0.4 is 5.32 Å². The third-order valence-electron chi connectivity index (χ3n) is 1.83. The first-order valence-corrected chi connectivity index (χ1v) is 5.38. The van der Waals surface area contributed by atoms with E-state index in [-0.39, 0.29) is 12.2 Å². The summed E-state index contributed by atoms with van der Waals surface area (Å²) in [7, 11) is 0. The third kappa shape index (κ3) is 4.90. The van der Waals surface area contributed by atoms with Crippen LogP contribution in [0.2, 0.25) is 0 Å². The predicted molar refractivity (Wildman–Crippen MR) is 62.7 cm³/mol. The molecule has 5 nitrogen and oxygen atoms in total. The zero-order valence-electron chi connectivity index (χ0n) is 10.5. The van der Waals surface area contributed by atoms with Gasteiger partial charge in [-0.1, -0.05) is 0 Å². The highest BCUT2D eigenvalue weighted by atomic mass is 19.1. The largest absolute Gasteiger partial charge is 0.444 e. The molecule has 0 radical (unpaired) electrons. The highest BCUT2D eigenvalue weighted by molar-refractivity contribution is 5.72. The fourth-order valence-corrected chi connectivity index (χ4v) is 1.22. The van der Waals surface area contributed by atoms with Crippen LogP contribution in [0.1, 0.15) is 36.8 Å². The molecule has 1 rings (SSSR count). The molecule has 1 N–H and O–H groups in total. The number of aldehydes is 1. The van der Waals surface area contributed by atoms with E-state index in [1.807, 2.05) is 0 Å². The van der Waals surface area contributed by atoms with Gasteiger partial charge in [-0.15, -0.1) is 0 Å². The summed E-state index contributed by atoms with van der Waals surface area (Å²) in [5, 5.41) is 2.46. The molecular formula is C12H15FN2O3. The van der Waals surface area contributed by atoms with Crippen molar-refractivity contribution in [3.8, 4) is 0 Å². The minimum absolute atomic E-state index is 0.0176. The van der Waals surface area contributed by atoms with Crippen molar-refractivity contribution in [2.75, 3.05) is 0 Å². The highest BCUT2D eigenvalue weighted by Gasteiger charge is 2.15. The first-order valence-electron chi connectivity index (χ1n) is 5.38. The Morgan fingerprint density at radius 2 is 2.17 bits per heavy atom. The maximum absolute atomic E-state index is 13.0. The molecular weight excluding hydrogens is 239 g/mol. The molecule has 0 bridgehead atoms. The number of carbonyl (C=O) groups is 2. The summed E-state index contributed by atoms with van der Waals surface area (Å²) < 4.78 is 18.0. The van der Waals surface area contributed by atoms with Gasteiger partial charge in [-0.05, 0) is 38.5 Å². The van der Waals surface area contributed by atoms with Crippen molar-refractivity contribution in [1.29, 1.82) is 0 Å². The lowest BCUT2D eigenvalue weighted by molar-refractivity contribution is 0.0523. The lowest BCUT2D eigenvalue weighted by Gasteiger charge is -2.19. The van der Waals surface area contributed by atoms with Crippen molar-refractivity contribution in [1.82, 2.24) is 10.3 Å². The molecule has 1 amide bonds. The number of halogens is 1. The van der Waals surface area contributed by atoms with Crippen LogP contribution in [-0.4, -0.2) is 23.0 Å². The zero-order valence-corrected chi connectivity index (χ0v) is 10.5. The Morgan fingerprint density at radius 3 is 2.72 bits per heavy atom. The van der Waals surface area contributed by atoms with Crippen LogP contribution in [0, 0.1) is 5.95 Å².